The number of unbranched alkanes of at least 4 members (excludes halogenated alkanes) is 2. The van der Waals surface area contributed by atoms with Crippen molar-refractivity contribution in [1.82, 2.24) is 4.90 Å². The number of piperidine rings is 1. The predicted octanol–water partition coefficient (Wildman–Crippen LogP) is 2.59. The fourth-order valence-electron chi connectivity index (χ4n) is 3.36. The Hall–Kier alpha value is -0.980. The maximum Gasteiger partial charge on any atom is 0.109 e. The van der Waals surface area contributed by atoms with Crippen molar-refractivity contribution in [2.24, 2.45) is 0 Å². The van der Waals surface area contributed by atoms with Crippen molar-refractivity contribution in [3.63, 3.8) is 0 Å². The lowest BCUT2D eigenvalue weighted by molar-refractivity contribution is -0.172. The molecule has 0 spiro atoms. The first-order valence-electron chi connectivity index (χ1n) is 10.0. The zero-order valence-corrected chi connectivity index (χ0v) is 16.2. The molecule has 1 saturated heterocycles. The lowest BCUT2D eigenvalue weighted by atomic mass is 9.93. The van der Waals surface area contributed by atoms with Crippen LogP contribution in [0.2, 0.25) is 0 Å². The molecule has 5 nitrogen and oxygen atoms in total. The Morgan fingerprint density at radius 3 is 2.42 bits per heavy atom. The lowest BCUT2D eigenvalue weighted by Gasteiger charge is -2.45. The third kappa shape index (κ3) is 6.32. The molecule has 0 amide bonds. The van der Waals surface area contributed by atoms with E-state index in [4.69, 9.17) is 9.47 Å². The Labute approximate surface area is 157 Å². The fourth-order valence-corrected chi connectivity index (χ4v) is 3.36. The molecule has 1 fully saturated rings. The van der Waals surface area contributed by atoms with E-state index in [1.807, 2.05) is 18.2 Å². The van der Waals surface area contributed by atoms with Crippen LogP contribution in [-0.2, 0) is 16.0 Å². The molecule has 1 heterocycles. The Bertz CT molecular complexity index is 484. The van der Waals surface area contributed by atoms with Gasteiger partial charge in [-0.05, 0) is 18.4 Å². The van der Waals surface area contributed by atoms with Gasteiger partial charge in [0.2, 0.25) is 0 Å². The molecule has 2 rings (SSSR count). The topological polar surface area (TPSA) is 62.2 Å². The number of likely N-dealkylation sites (tertiary alicyclic amines) is 1. The highest BCUT2D eigenvalue weighted by atomic mass is 16.5. The van der Waals surface area contributed by atoms with E-state index in [-0.39, 0.29) is 6.04 Å². The Morgan fingerprint density at radius 1 is 1.04 bits per heavy atom. The minimum absolute atomic E-state index is 0.0673. The van der Waals surface area contributed by atoms with Gasteiger partial charge in [0.05, 0.1) is 18.8 Å². The van der Waals surface area contributed by atoms with Crippen molar-refractivity contribution in [3.8, 4) is 0 Å². The molecular formula is C21H35NO4. The Morgan fingerprint density at radius 2 is 1.73 bits per heavy atom. The SMILES string of the molecule is CCCCOCC1C(OCCCC)C(O)C(O)CN1Cc1ccccc1. The van der Waals surface area contributed by atoms with Gasteiger partial charge in [0.15, 0.2) is 0 Å². The molecule has 148 valence electrons. The highest BCUT2D eigenvalue weighted by molar-refractivity contribution is 5.15. The van der Waals surface area contributed by atoms with E-state index in [0.29, 0.717) is 32.9 Å². The van der Waals surface area contributed by atoms with Gasteiger partial charge in [-0.3, -0.25) is 4.90 Å². The predicted molar refractivity (Wildman–Crippen MR) is 103 cm³/mol. The molecule has 5 heteroatoms. The molecule has 0 aromatic heterocycles. The van der Waals surface area contributed by atoms with Crippen LogP contribution in [0.1, 0.15) is 45.1 Å². The summed E-state index contributed by atoms with van der Waals surface area (Å²) in [5.41, 5.74) is 1.18. The van der Waals surface area contributed by atoms with Crippen LogP contribution in [0.25, 0.3) is 0 Å². The van der Waals surface area contributed by atoms with Crippen LogP contribution in [0, 0.1) is 0 Å². The van der Waals surface area contributed by atoms with E-state index < -0.39 is 18.3 Å². The normalized spacial score (nSPS) is 26.9. The first-order valence-corrected chi connectivity index (χ1v) is 10.0. The van der Waals surface area contributed by atoms with E-state index in [0.717, 1.165) is 25.7 Å². The van der Waals surface area contributed by atoms with Crippen LogP contribution in [0.3, 0.4) is 0 Å². The van der Waals surface area contributed by atoms with E-state index >= 15 is 0 Å². The summed E-state index contributed by atoms with van der Waals surface area (Å²) in [6.45, 7) is 7.20. The molecule has 0 radical (unpaired) electrons. The quantitative estimate of drug-likeness (QED) is 0.590. The maximum absolute atomic E-state index is 10.5. The summed E-state index contributed by atoms with van der Waals surface area (Å²) >= 11 is 0. The van der Waals surface area contributed by atoms with Gasteiger partial charge in [0.25, 0.3) is 0 Å². The molecule has 2 N–H and O–H groups in total. The second-order valence-corrected chi connectivity index (χ2v) is 7.16. The summed E-state index contributed by atoms with van der Waals surface area (Å²) in [6.07, 6.45) is 1.98. The number of ether oxygens (including phenoxy) is 2. The zero-order valence-electron chi connectivity index (χ0n) is 16.2. The maximum atomic E-state index is 10.5. The summed E-state index contributed by atoms with van der Waals surface area (Å²) in [6, 6.07) is 10.1. The summed E-state index contributed by atoms with van der Waals surface area (Å²) < 4.78 is 11.9. The van der Waals surface area contributed by atoms with Crippen LogP contribution >= 0.6 is 0 Å². The summed E-state index contributed by atoms with van der Waals surface area (Å²) in [7, 11) is 0. The van der Waals surface area contributed by atoms with Gasteiger partial charge in [-0.15, -0.1) is 0 Å². The van der Waals surface area contributed by atoms with Crippen molar-refractivity contribution in [2.45, 2.75) is 70.4 Å². The van der Waals surface area contributed by atoms with Crippen LogP contribution < -0.4 is 0 Å². The van der Waals surface area contributed by atoms with Crippen LogP contribution in [0.4, 0.5) is 0 Å². The third-order valence-electron chi connectivity index (χ3n) is 4.97. The number of hydrogen-bond acceptors (Lipinski definition) is 5. The minimum atomic E-state index is -0.876. The number of aliphatic hydroxyl groups excluding tert-OH is 2. The number of aliphatic hydroxyl groups is 2. The van der Waals surface area contributed by atoms with Crippen LogP contribution in [0.5, 0.6) is 0 Å². The molecule has 0 aliphatic carbocycles. The molecule has 0 saturated carbocycles. The molecule has 4 atom stereocenters. The number of β-amino-alcohol motifs (C(OH)–C–C–N with tert-alkyl or cyclic N) is 1. The fraction of sp³-hybridized carbons (Fsp3) is 0.714. The summed E-state index contributed by atoms with van der Waals surface area (Å²) in [4.78, 5) is 2.19. The highest BCUT2D eigenvalue weighted by Crippen LogP contribution is 2.24. The van der Waals surface area contributed by atoms with Gasteiger partial charge in [0, 0.05) is 26.3 Å². The lowest BCUT2D eigenvalue weighted by Crippen LogP contribution is -2.63. The Balaban J connectivity index is 2.09. The third-order valence-corrected chi connectivity index (χ3v) is 4.97. The van der Waals surface area contributed by atoms with Gasteiger partial charge in [-0.2, -0.15) is 0 Å². The van der Waals surface area contributed by atoms with Crippen molar-refractivity contribution < 1.29 is 19.7 Å². The van der Waals surface area contributed by atoms with Gasteiger partial charge >= 0.3 is 0 Å². The monoisotopic (exact) mass is 365 g/mol. The van der Waals surface area contributed by atoms with Crippen molar-refractivity contribution in [2.75, 3.05) is 26.4 Å². The van der Waals surface area contributed by atoms with E-state index in [1.54, 1.807) is 0 Å². The molecule has 0 bridgehead atoms. The largest absolute Gasteiger partial charge is 0.389 e. The highest BCUT2D eigenvalue weighted by Gasteiger charge is 2.43. The van der Waals surface area contributed by atoms with Gasteiger partial charge in [-0.1, -0.05) is 57.0 Å². The van der Waals surface area contributed by atoms with E-state index in [2.05, 4.69) is 30.9 Å². The average Bonchev–Trinajstić information content (AvgIpc) is 2.65. The number of nitrogens with zero attached hydrogens (tertiary/aromatic N) is 1. The first-order chi connectivity index (χ1) is 12.7. The molecule has 26 heavy (non-hydrogen) atoms. The second kappa shape index (κ2) is 11.7. The smallest absolute Gasteiger partial charge is 0.109 e. The molecule has 4 unspecified atom stereocenters. The standard InChI is InChI=1S/C21H35NO4/c1-3-5-12-25-16-18-21(26-13-6-4-2)20(24)19(23)15-22(18)14-17-10-8-7-9-11-17/h7-11,18-21,23-24H,3-6,12-16H2,1-2H3. The number of hydrogen-bond donors (Lipinski definition) is 2. The number of rotatable bonds is 11. The molecular weight excluding hydrogens is 330 g/mol. The van der Waals surface area contributed by atoms with Gasteiger partial charge in [0.1, 0.15) is 12.2 Å². The van der Waals surface area contributed by atoms with Crippen LogP contribution in [0.15, 0.2) is 30.3 Å². The first kappa shape index (κ1) is 21.3. The average molecular weight is 366 g/mol. The Kier molecular flexibility index (Phi) is 9.57. The van der Waals surface area contributed by atoms with E-state index in [1.165, 1.54) is 5.56 Å². The molecule has 1 aromatic carbocycles. The van der Waals surface area contributed by atoms with E-state index in [9.17, 15) is 10.2 Å². The zero-order chi connectivity index (χ0) is 18.8. The second-order valence-electron chi connectivity index (χ2n) is 7.16. The summed E-state index contributed by atoms with van der Waals surface area (Å²) in [5.74, 6) is 0. The van der Waals surface area contributed by atoms with Gasteiger partial charge < -0.3 is 19.7 Å². The van der Waals surface area contributed by atoms with Crippen molar-refractivity contribution in [1.29, 1.82) is 0 Å². The number of benzene rings is 1. The summed E-state index contributed by atoms with van der Waals surface area (Å²) in [5, 5.41) is 20.9. The van der Waals surface area contributed by atoms with Gasteiger partial charge in [-0.25, -0.2) is 0 Å². The molecule has 1 aliphatic rings. The van der Waals surface area contributed by atoms with Crippen molar-refractivity contribution in [3.05, 3.63) is 35.9 Å². The minimum Gasteiger partial charge on any atom is -0.389 e. The molecule has 1 aliphatic heterocycles. The molecule has 1 aromatic rings. The van der Waals surface area contributed by atoms with Crippen molar-refractivity contribution >= 4 is 0 Å². The van der Waals surface area contributed by atoms with Crippen LogP contribution in [-0.4, -0.2) is 65.8 Å².